The first-order valence-electron chi connectivity index (χ1n) is 6.01. The average Bonchev–Trinajstić information content (AvgIpc) is 2.39. The predicted octanol–water partition coefficient (Wildman–Crippen LogP) is 1.42. The molecule has 2 rings (SSSR count). The van der Waals surface area contributed by atoms with Gasteiger partial charge in [0.1, 0.15) is 5.41 Å². The molecule has 0 saturated carbocycles. The van der Waals surface area contributed by atoms with Crippen molar-refractivity contribution < 1.29 is 9.90 Å². The summed E-state index contributed by atoms with van der Waals surface area (Å²) in [5, 5.41) is 12.8. The number of carboxylic acid groups (broad SMARTS) is 1. The van der Waals surface area contributed by atoms with Gasteiger partial charge in [-0.15, -0.1) is 0 Å². The van der Waals surface area contributed by atoms with Crippen LogP contribution in [0.25, 0.3) is 0 Å². The lowest BCUT2D eigenvalue weighted by molar-refractivity contribution is -0.146. The number of aliphatic carboxylic acids is 1. The number of pyridine rings is 1. The van der Waals surface area contributed by atoms with Gasteiger partial charge in [-0.1, -0.05) is 6.07 Å². The van der Waals surface area contributed by atoms with Gasteiger partial charge in [0.2, 0.25) is 0 Å². The van der Waals surface area contributed by atoms with E-state index >= 15 is 0 Å². The fraction of sp³-hybridized carbons (Fsp3) is 0.538. The number of aromatic nitrogens is 1. The number of carboxylic acids is 1. The Morgan fingerprint density at radius 2 is 2.18 bits per heavy atom. The highest BCUT2D eigenvalue weighted by Gasteiger charge is 2.44. The minimum atomic E-state index is -0.872. The molecule has 1 fully saturated rings. The Bertz CT molecular complexity index is 388. The van der Waals surface area contributed by atoms with Crippen molar-refractivity contribution in [3.8, 4) is 0 Å². The van der Waals surface area contributed by atoms with Crippen LogP contribution in [0.1, 0.15) is 25.5 Å². The summed E-state index contributed by atoms with van der Waals surface area (Å²) in [4.78, 5) is 15.9. The predicted molar refractivity (Wildman–Crippen MR) is 64.8 cm³/mol. The second-order valence-corrected chi connectivity index (χ2v) is 4.75. The highest BCUT2D eigenvalue weighted by Crippen LogP contribution is 2.36. The maximum absolute atomic E-state index is 11.7. The van der Waals surface area contributed by atoms with Crippen molar-refractivity contribution in [2.24, 2.45) is 5.92 Å². The SMILES string of the molecule is CC(C(=O)O)(c1ccccn1)C1CCNCC1. The Balaban J connectivity index is 2.35. The van der Waals surface area contributed by atoms with Crippen LogP contribution in [-0.4, -0.2) is 29.1 Å². The van der Waals surface area contributed by atoms with E-state index in [-0.39, 0.29) is 5.92 Å². The van der Waals surface area contributed by atoms with Crippen LogP contribution in [0.4, 0.5) is 0 Å². The first-order valence-corrected chi connectivity index (χ1v) is 6.01. The highest BCUT2D eigenvalue weighted by atomic mass is 16.4. The molecule has 0 aromatic carbocycles. The minimum Gasteiger partial charge on any atom is -0.481 e. The molecule has 92 valence electrons. The van der Waals surface area contributed by atoms with Crippen molar-refractivity contribution in [3.63, 3.8) is 0 Å². The van der Waals surface area contributed by atoms with E-state index in [1.165, 1.54) is 0 Å². The summed E-state index contributed by atoms with van der Waals surface area (Å²) in [7, 11) is 0. The van der Waals surface area contributed by atoms with E-state index in [0.29, 0.717) is 5.69 Å². The summed E-state index contributed by atoms with van der Waals surface area (Å²) in [6, 6.07) is 5.48. The third kappa shape index (κ3) is 2.17. The van der Waals surface area contributed by atoms with Crippen molar-refractivity contribution in [1.82, 2.24) is 10.3 Å². The molecule has 0 bridgehead atoms. The van der Waals surface area contributed by atoms with Crippen molar-refractivity contribution in [3.05, 3.63) is 30.1 Å². The van der Waals surface area contributed by atoms with E-state index in [1.54, 1.807) is 13.1 Å². The van der Waals surface area contributed by atoms with Gasteiger partial charge >= 0.3 is 5.97 Å². The molecule has 4 nitrogen and oxygen atoms in total. The molecular weight excluding hydrogens is 216 g/mol. The summed E-state index contributed by atoms with van der Waals surface area (Å²) >= 11 is 0. The first-order chi connectivity index (χ1) is 8.15. The summed E-state index contributed by atoms with van der Waals surface area (Å²) in [5.41, 5.74) is -0.206. The molecule has 1 unspecified atom stereocenters. The van der Waals surface area contributed by atoms with Crippen LogP contribution >= 0.6 is 0 Å². The summed E-state index contributed by atoms with van der Waals surface area (Å²) in [6.45, 7) is 3.58. The number of carbonyl (C=O) groups is 1. The zero-order chi connectivity index (χ0) is 12.3. The van der Waals surface area contributed by atoms with Crippen LogP contribution in [0.3, 0.4) is 0 Å². The lowest BCUT2D eigenvalue weighted by atomic mass is 9.70. The number of piperidine rings is 1. The molecule has 4 heteroatoms. The van der Waals surface area contributed by atoms with Crippen molar-refractivity contribution in [2.75, 3.05) is 13.1 Å². The number of hydrogen-bond donors (Lipinski definition) is 2. The Labute approximate surface area is 101 Å². The van der Waals surface area contributed by atoms with E-state index in [9.17, 15) is 9.90 Å². The maximum Gasteiger partial charge on any atom is 0.315 e. The molecule has 1 aromatic heterocycles. The molecule has 17 heavy (non-hydrogen) atoms. The molecule has 0 amide bonds. The third-order valence-corrected chi connectivity index (χ3v) is 3.80. The molecule has 2 N–H and O–H groups in total. The van der Waals surface area contributed by atoms with Gasteiger partial charge in [0.05, 0.1) is 5.69 Å². The summed E-state index contributed by atoms with van der Waals surface area (Å²) < 4.78 is 0. The van der Waals surface area contributed by atoms with Gasteiger partial charge in [-0.25, -0.2) is 0 Å². The topological polar surface area (TPSA) is 62.2 Å². The van der Waals surface area contributed by atoms with Crippen molar-refractivity contribution in [1.29, 1.82) is 0 Å². The van der Waals surface area contributed by atoms with Gasteiger partial charge in [-0.3, -0.25) is 9.78 Å². The highest BCUT2D eigenvalue weighted by molar-refractivity contribution is 5.80. The Hall–Kier alpha value is -1.42. The van der Waals surface area contributed by atoms with Crippen molar-refractivity contribution >= 4 is 5.97 Å². The van der Waals surface area contributed by atoms with Gasteiger partial charge in [0.15, 0.2) is 0 Å². The van der Waals surface area contributed by atoms with Crippen LogP contribution in [0, 0.1) is 5.92 Å². The summed E-state index contributed by atoms with van der Waals surface area (Å²) in [5.74, 6) is -0.626. The van der Waals surface area contributed by atoms with E-state index in [0.717, 1.165) is 25.9 Å². The van der Waals surface area contributed by atoms with Crippen molar-refractivity contribution in [2.45, 2.75) is 25.2 Å². The quantitative estimate of drug-likeness (QED) is 0.830. The van der Waals surface area contributed by atoms with Crippen LogP contribution < -0.4 is 5.32 Å². The lowest BCUT2D eigenvalue weighted by Gasteiger charge is -2.36. The number of rotatable bonds is 3. The molecule has 1 aromatic rings. The number of nitrogens with one attached hydrogen (secondary N) is 1. The van der Waals surface area contributed by atoms with Crippen LogP contribution in [0.15, 0.2) is 24.4 Å². The summed E-state index contributed by atoms with van der Waals surface area (Å²) in [6.07, 6.45) is 3.44. The van der Waals surface area contributed by atoms with E-state index in [4.69, 9.17) is 0 Å². The Kier molecular flexibility index (Phi) is 3.43. The van der Waals surface area contributed by atoms with Crippen LogP contribution in [0.2, 0.25) is 0 Å². The zero-order valence-corrected chi connectivity index (χ0v) is 10.0. The number of nitrogens with zero attached hydrogens (tertiary/aromatic N) is 1. The smallest absolute Gasteiger partial charge is 0.315 e. The zero-order valence-electron chi connectivity index (χ0n) is 10.0. The van der Waals surface area contributed by atoms with Crippen LogP contribution in [0.5, 0.6) is 0 Å². The first kappa shape index (κ1) is 12.0. The molecule has 0 radical (unpaired) electrons. The molecule has 0 aliphatic carbocycles. The van der Waals surface area contributed by atoms with E-state index in [2.05, 4.69) is 10.3 Å². The average molecular weight is 234 g/mol. The second kappa shape index (κ2) is 4.84. The molecule has 1 aliphatic heterocycles. The largest absolute Gasteiger partial charge is 0.481 e. The fourth-order valence-electron chi connectivity index (χ4n) is 2.56. The Morgan fingerprint density at radius 1 is 1.47 bits per heavy atom. The molecule has 2 heterocycles. The van der Waals surface area contributed by atoms with Gasteiger partial charge in [0.25, 0.3) is 0 Å². The van der Waals surface area contributed by atoms with E-state index < -0.39 is 11.4 Å². The van der Waals surface area contributed by atoms with Gasteiger partial charge < -0.3 is 10.4 Å². The Morgan fingerprint density at radius 3 is 2.71 bits per heavy atom. The van der Waals surface area contributed by atoms with E-state index in [1.807, 2.05) is 18.2 Å². The third-order valence-electron chi connectivity index (χ3n) is 3.80. The van der Waals surface area contributed by atoms with Gasteiger partial charge in [-0.05, 0) is 50.9 Å². The van der Waals surface area contributed by atoms with Gasteiger partial charge in [-0.2, -0.15) is 0 Å². The second-order valence-electron chi connectivity index (χ2n) is 4.75. The molecule has 1 aliphatic rings. The van der Waals surface area contributed by atoms with Gasteiger partial charge in [0, 0.05) is 6.20 Å². The molecule has 0 spiro atoms. The molecular formula is C13H18N2O2. The molecule has 1 atom stereocenters. The molecule has 1 saturated heterocycles. The fourth-order valence-corrected chi connectivity index (χ4v) is 2.56. The monoisotopic (exact) mass is 234 g/mol. The number of hydrogen-bond acceptors (Lipinski definition) is 3. The normalized spacial score (nSPS) is 20.8. The lowest BCUT2D eigenvalue weighted by Crippen LogP contribution is -2.45. The standard InChI is InChI=1S/C13H18N2O2/c1-13(12(16)17,10-5-8-14-9-6-10)11-4-2-3-7-15-11/h2-4,7,10,14H,5-6,8-9H2,1H3,(H,16,17). The maximum atomic E-state index is 11.7. The minimum absolute atomic E-state index is 0.149. The van der Waals surface area contributed by atoms with Crippen LogP contribution in [-0.2, 0) is 10.2 Å².